The first-order chi connectivity index (χ1) is 13.6. The molecule has 142 valence electrons. The van der Waals surface area contributed by atoms with E-state index in [1.807, 2.05) is 55.5 Å². The van der Waals surface area contributed by atoms with Crippen LogP contribution in [0.2, 0.25) is 0 Å². The number of ether oxygens (including phenoxy) is 1. The Morgan fingerprint density at radius 3 is 2.68 bits per heavy atom. The van der Waals surface area contributed by atoms with Gasteiger partial charge in [0.25, 0.3) is 0 Å². The molecule has 5 heteroatoms. The summed E-state index contributed by atoms with van der Waals surface area (Å²) in [5.74, 6) is -0.840. The summed E-state index contributed by atoms with van der Waals surface area (Å²) in [5, 5.41) is 3.29. The van der Waals surface area contributed by atoms with Crippen molar-refractivity contribution in [3.63, 3.8) is 0 Å². The van der Waals surface area contributed by atoms with Crippen molar-refractivity contribution in [3.05, 3.63) is 88.5 Å². The van der Waals surface area contributed by atoms with E-state index in [0.29, 0.717) is 23.3 Å². The maximum atomic E-state index is 13.1. The van der Waals surface area contributed by atoms with Gasteiger partial charge in [-0.05, 0) is 37.5 Å². The van der Waals surface area contributed by atoms with Gasteiger partial charge in [0, 0.05) is 29.6 Å². The predicted octanol–water partition coefficient (Wildman–Crippen LogP) is 3.79. The van der Waals surface area contributed by atoms with Crippen LogP contribution in [0.5, 0.6) is 0 Å². The van der Waals surface area contributed by atoms with Gasteiger partial charge >= 0.3 is 5.97 Å². The standard InChI is InChI=1S/C23H22N2O3/c1-15-20(23(27)28-14-16-8-3-2-4-9-16)22(17-10-5-6-13-24-17)21-18(25-15)11-7-12-19(21)26/h2-6,8-10,13,22,25H,7,11-12,14H2,1H3/t22-/m1/s1. The van der Waals surface area contributed by atoms with E-state index in [1.165, 1.54) is 0 Å². The minimum Gasteiger partial charge on any atom is -0.457 e. The molecule has 1 aromatic carbocycles. The molecule has 2 aliphatic rings. The monoisotopic (exact) mass is 374 g/mol. The SMILES string of the molecule is CC1=C(C(=O)OCc2ccccc2)[C@@H](c2ccccn2)C2=C(CCCC2=O)N1. The molecule has 0 radical (unpaired) electrons. The number of esters is 1. The van der Waals surface area contributed by atoms with Crippen LogP contribution in [0.25, 0.3) is 0 Å². The van der Waals surface area contributed by atoms with Crippen LogP contribution in [0.1, 0.15) is 43.4 Å². The number of pyridine rings is 1. The number of dihydropyridines is 1. The van der Waals surface area contributed by atoms with Crippen LogP contribution in [-0.2, 0) is 20.9 Å². The largest absolute Gasteiger partial charge is 0.457 e. The van der Waals surface area contributed by atoms with Crippen molar-refractivity contribution in [1.82, 2.24) is 10.3 Å². The van der Waals surface area contributed by atoms with Crippen LogP contribution in [0, 0.1) is 0 Å². The Morgan fingerprint density at radius 1 is 1.14 bits per heavy atom. The number of carbonyl (C=O) groups excluding carboxylic acids is 2. The zero-order valence-corrected chi connectivity index (χ0v) is 15.8. The van der Waals surface area contributed by atoms with E-state index in [1.54, 1.807) is 6.20 Å². The Morgan fingerprint density at radius 2 is 1.93 bits per heavy atom. The van der Waals surface area contributed by atoms with E-state index in [2.05, 4.69) is 10.3 Å². The Balaban J connectivity index is 1.69. The van der Waals surface area contributed by atoms with Gasteiger partial charge in [-0.3, -0.25) is 9.78 Å². The Bertz CT molecular complexity index is 962. The van der Waals surface area contributed by atoms with Crippen LogP contribution in [-0.4, -0.2) is 16.7 Å². The molecule has 0 amide bonds. The molecule has 0 unspecified atom stereocenters. The zero-order chi connectivity index (χ0) is 19.5. The van der Waals surface area contributed by atoms with Crippen molar-refractivity contribution in [1.29, 1.82) is 0 Å². The highest BCUT2D eigenvalue weighted by Gasteiger charge is 2.39. The zero-order valence-electron chi connectivity index (χ0n) is 15.8. The first-order valence-electron chi connectivity index (χ1n) is 9.51. The fourth-order valence-corrected chi connectivity index (χ4v) is 3.90. The Kier molecular flexibility index (Phi) is 5.06. The molecular formula is C23H22N2O3. The molecule has 0 bridgehead atoms. The molecule has 4 rings (SSSR count). The van der Waals surface area contributed by atoms with Gasteiger partial charge in [-0.2, -0.15) is 0 Å². The summed E-state index contributed by atoms with van der Waals surface area (Å²) in [7, 11) is 0. The fourth-order valence-electron chi connectivity index (χ4n) is 3.90. The summed E-state index contributed by atoms with van der Waals surface area (Å²) in [4.78, 5) is 30.3. The first-order valence-corrected chi connectivity index (χ1v) is 9.51. The lowest BCUT2D eigenvalue weighted by Gasteiger charge is -2.33. The second-order valence-electron chi connectivity index (χ2n) is 7.08. The lowest BCUT2D eigenvalue weighted by Crippen LogP contribution is -2.34. The van der Waals surface area contributed by atoms with E-state index in [9.17, 15) is 9.59 Å². The number of hydrogen-bond donors (Lipinski definition) is 1. The molecule has 1 aliphatic heterocycles. The van der Waals surface area contributed by atoms with Crippen molar-refractivity contribution < 1.29 is 14.3 Å². The normalized spacial score (nSPS) is 19.2. The van der Waals surface area contributed by atoms with Crippen molar-refractivity contribution in [2.75, 3.05) is 0 Å². The maximum absolute atomic E-state index is 13.1. The van der Waals surface area contributed by atoms with Crippen molar-refractivity contribution in [2.45, 2.75) is 38.7 Å². The van der Waals surface area contributed by atoms with E-state index >= 15 is 0 Å². The molecule has 1 atom stereocenters. The van der Waals surface area contributed by atoms with Gasteiger partial charge in [0.15, 0.2) is 5.78 Å². The molecule has 5 nitrogen and oxygen atoms in total. The molecule has 2 heterocycles. The summed E-state index contributed by atoms with van der Waals surface area (Å²) in [6.45, 7) is 2.04. The van der Waals surface area contributed by atoms with Gasteiger partial charge in [-0.1, -0.05) is 36.4 Å². The summed E-state index contributed by atoms with van der Waals surface area (Å²) in [5.41, 5.74) is 4.36. The lowest BCUT2D eigenvalue weighted by molar-refractivity contribution is -0.140. The van der Waals surface area contributed by atoms with Crippen LogP contribution < -0.4 is 5.32 Å². The number of nitrogens with zero attached hydrogens (tertiary/aromatic N) is 1. The summed E-state index contributed by atoms with van der Waals surface area (Å²) in [6.07, 6.45) is 3.80. The first kappa shape index (κ1) is 18.2. The number of allylic oxidation sites excluding steroid dienone is 3. The number of Topliss-reactive ketones (excluding diaryl/α,β-unsaturated/α-hetero) is 1. The molecule has 0 fully saturated rings. The average Bonchev–Trinajstić information content (AvgIpc) is 2.72. The third-order valence-corrected chi connectivity index (χ3v) is 5.19. The van der Waals surface area contributed by atoms with E-state index < -0.39 is 11.9 Å². The maximum Gasteiger partial charge on any atom is 0.337 e. The quantitative estimate of drug-likeness (QED) is 0.825. The summed E-state index contributed by atoms with van der Waals surface area (Å²) < 4.78 is 5.61. The number of nitrogens with one attached hydrogen (secondary N) is 1. The highest BCUT2D eigenvalue weighted by atomic mass is 16.5. The van der Waals surface area contributed by atoms with Gasteiger partial charge < -0.3 is 10.1 Å². The van der Waals surface area contributed by atoms with Gasteiger partial charge in [0.2, 0.25) is 0 Å². The fraction of sp³-hybridized carbons (Fsp3) is 0.261. The molecule has 1 aromatic heterocycles. The molecule has 2 aromatic rings. The number of benzene rings is 1. The Hall–Kier alpha value is -3.21. The average molecular weight is 374 g/mol. The van der Waals surface area contributed by atoms with Crippen LogP contribution >= 0.6 is 0 Å². The Labute approximate surface area is 164 Å². The predicted molar refractivity (Wildman–Crippen MR) is 105 cm³/mol. The van der Waals surface area contributed by atoms with Gasteiger partial charge in [0.1, 0.15) is 6.61 Å². The molecule has 0 saturated carbocycles. The van der Waals surface area contributed by atoms with E-state index in [0.717, 1.165) is 29.8 Å². The van der Waals surface area contributed by atoms with Gasteiger partial charge in [0.05, 0.1) is 17.2 Å². The molecule has 0 saturated heterocycles. The third-order valence-electron chi connectivity index (χ3n) is 5.19. The second-order valence-corrected chi connectivity index (χ2v) is 7.08. The number of rotatable bonds is 4. The van der Waals surface area contributed by atoms with Gasteiger partial charge in [-0.15, -0.1) is 0 Å². The second kappa shape index (κ2) is 7.80. The third kappa shape index (κ3) is 3.48. The number of aromatic nitrogens is 1. The number of carbonyl (C=O) groups is 2. The minimum absolute atomic E-state index is 0.0743. The van der Waals surface area contributed by atoms with Crippen LogP contribution in [0.4, 0.5) is 0 Å². The molecule has 1 N–H and O–H groups in total. The van der Waals surface area contributed by atoms with E-state index in [-0.39, 0.29) is 12.4 Å². The summed E-state index contributed by atoms with van der Waals surface area (Å²) >= 11 is 0. The number of hydrogen-bond acceptors (Lipinski definition) is 5. The number of ketones is 1. The molecule has 1 aliphatic carbocycles. The molecular weight excluding hydrogens is 352 g/mol. The van der Waals surface area contributed by atoms with Crippen molar-refractivity contribution in [2.24, 2.45) is 0 Å². The smallest absolute Gasteiger partial charge is 0.337 e. The van der Waals surface area contributed by atoms with Crippen molar-refractivity contribution in [3.8, 4) is 0 Å². The van der Waals surface area contributed by atoms with Crippen molar-refractivity contribution >= 4 is 11.8 Å². The lowest BCUT2D eigenvalue weighted by atomic mass is 9.77. The highest BCUT2D eigenvalue weighted by Crippen LogP contribution is 2.41. The minimum atomic E-state index is -0.492. The summed E-state index contributed by atoms with van der Waals surface area (Å²) in [6, 6.07) is 15.1. The molecule has 0 spiro atoms. The molecule has 28 heavy (non-hydrogen) atoms. The van der Waals surface area contributed by atoms with Gasteiger partial charge in [-0.25, -0.2) is 4.79 Å². The van der Waals surface area contributed by atoms with Crippen LogP contribution in [0.15, 0.2) is 77.3 Å². The topological polar surface area (TPSA) is 68.3 Å². The van der Waals surface area contributed by atoms with Crippen LogP contribution in [0.3, 0.4) is 0 Å². The highest BCUT2D eigenvalue weighted by molar-refractivity contribution is 6.03. The van der Waals surface area contributed by atoms with E-state index in [4.69, 9.17) is 4.74 Å².